The molecule has 0 aromatic heterocycles. The second-order valence-electron chi connectivity index (χ2n) is 4.50. The van der Waals surface area contributed by atoms with Gasteiger partial charge in [-0.15, -0.1) is 0 Å². The Bertz CT molecular complexity index is 250. The second-order valence-corrected chi connectivity index (χ2v) is 4.82. The van der Waals surface area contributed by atoms with Crippen molar-refractivity contribution in [1.29, 1.82) is 0 Å². The van der Waals surface area contributed by atoms with Crippen LogP contribution in [0, 0.1) is 5.41 Å². The summed E-state index contributed by atoms with van der Waals surface area (Å²) in [6.07, 6.45) is -1.11. The molecule has 0 aromatic rings. The smallest absolute Gasteiger partial charge is 0.404 e. The SMILES string of the molecule is CN(CC(NC(=O)O)C(C)(C)C)C(=O)Cl. The number of nitrogens with zero attached hydrogens (tertiary/aromatic N) is 1. The van der Waals surface area contributed by atoms with Gasteiger partial charge in [0.1, 0.15) is 0 Å². The van der Waals surface area contributed by atoms with Gasteiger partial charge in [0.2, 0.25) is 0 Å². The largest absolute Gasteiger partial charge is 0.465 e. The third kappa shape index (κ3) is 5.47. The quantitative estimate of drug-likeness (QED) is 0.581. The molecular formula is C9H17ClN2O3. The number of nitrogens with one attached hydrogen (secondary N) is 1. The van der Waals surface area contributed by atoms with Crippen molar-refractivity contribution >= 4 is 23.1 Å². The minimum absolute atomic E-state index is 0.248. The molecule has 0 heterocycles. The molecule has 0 saturated heterocycles. The van der Waals surface area contributed by atoms with Crippen molar-refractivity contribution in [2.45, 2.75) is 26.8 Å². The molecule has 0 rings (SSSR count). The van der Waals surface area contributed by atoms with Crippen molar-refractivity contribution in [3.63, 3.8) is 0 Å². The van der Waals surface area contributed by atoms with E-state index in [9.17, 15) is 9.59 Å². The average Bonchev–Trinajstić information content (AvgIpc) is 2.00. The molecule has 1 unspecified atom stereocenters. The molecule has 0 aliphatic carbocycles. The number of rotatable bonds is 3. The summed E-state index contributed by atoms with van der Waals surface area (Å²) < 4.78 is 0. The van der Waals surface area contributed by atoms with Gasteiger partial charge in [-0.25, -0.2) is 4.79 Å². The molecule has 6 heteroatoms. The summed E-state index contributed by atoms with van der Waals surface area (Å²) in [5.41, 5.74) is -0.279. The van der Waals surface area contributed by atoms with Crippen molar-refractivity contribution < 1.29 is 14.7 Å². The van der Waals surface area contributed by atoms with E-state index in [2.05, 4.69) is 5.32 Å². The summed E-state index contributed by atoms with van der Waals surface area (Å²) in [7, 11) is 1.53. The third-order valence-corrected chi connectivity index (χ3v) is 2.39. The van der Waals surface area contributed by atoms with Gasteiger partial charge >= 0.3 is 11.5 Å². The molecule has 2 amide bonds. The van der Waals surface area contributed by atoms with E-state index in [0.717, 1.165) is 0 Å². The van der Waals surface area contributed by atoms with Gasteiger partial charge in [-0.1, -0.05) is 20.8 Å². The Labute approximate surface area is 94.4 Å². The van der Waals surface area contributed by atoms with Crippen LogP contribution in [0.3, 0.4) is 0 Å². The van der Waals surface area contributed by atoms with Gasteiger partial charge < -0.3 is 15.3 Å². The lowest BCUT2D eigenvalue weighted by Gasteiger charge is -2.33. The number of amides is 2. The minimum Gasteiger partial charge on any atom is -0.465 e. The van der Waals surface area contributed by atoms with Crippen LogP contribution in [0.4, 0.5) is 9.59 Å². The molecule has 5 nitrogen and oxygen atoms in total. The monoisotopic (exact) mass is 236 g/mol. The molecule has 88 valence electrons. The Hall–Kier alpha value is -0.970. The average molecular weight is 237 g/mol. The van der Waals surface area contributed by atoms with Crippen molar-refractivity contribution in [2.75, 3.05) is 13.6 Å². The van der Waals surface area contributed by atoms with Crippen molar-refractivity contribution in [3.05, 3.63) is 0 Å². The van der Waals surface area contributed by atoms with E-state index >= 15 is 0 Å². The maximum Gasteiger partial charge on any atom is 0.404 e. The lowest BCUT2D eigenvalue weighted by atomic mass is 9.86. The highest BCUT2D eigenvalue weighted by Crippen LogP contribution is 2.20. The highest BCUT2D eigenvalue weighted by Gasteiger charge is 2.28. The first-order valence-electron chi connectivity index (χ1n) is 4.54. The zero-order chi connectivity index (χ0) is 12.2. The Kier molecular flexibility index (Phi) is 4.87. The number of carboxylic acid groups (broad SMARTS) is 1. The van der Waals surface area contributed by atoms with Crippen LogP contribution in [0.25, 0.3) is 0 Å². The molecular weight excluding hydrogens is 220 g/mol. The summed E-state index contributed by atoms with van der Waals surface area (Å²) in [5, 5.41) is 10.4. The van der Waals surface area contributed by atoms with E-state index in [1.807, 2.05) is 20.8 Å². The maximum atomic E-state index is 10.8. The summed E-state index contributed by atoms with van der Waals surface area (Å²) in [6, 6.07) is -0.359. The van der Waals surface area contributed by atoms with Gasteiger partial charge in [-0.3, -0.25) is 4.79 Å². The Balaban J connectivity index is 4.52. The predicted octanol–water partition coefficient (Wildman–Crippen LogP) is 1.96. The number of likely N-dealkylation sites (N-methyl/N-ethyl adjacent to an activating group) is 1. The number of carbonyl (C=O) groups is 2. The molecule has 0 saturated carbocycles. The summed E-state index contributed by atoms with van der Waals surface area (Å²) in [4.78, 5) is 22.6. The zero-order valence-electron chi connectivity index (χ0n) is 9.37. The molecule has 15 heavy (non-hydrogen) atoms. The fraction of sp³-hybridized carbons (Fsp3) is 0.778. The normalized spacial score (nSPS) is 13.1. The zero-order valence-corrected chi connectivity index (χ0v) is 10.1. The molecule has 0 bridgehead atoms. The number of carbonyl (C=O) groups excluding carboxylic acids is 1. The van der Waals surface area contributed by atoms with Crippen LogP contribution in [-0.2, 0) is 0 Å². The Morgan fingerprint density at radius 1 is 1.47 bits per heavy atom. The molecule has 0 radical (unpaired) electrons. The van der Waals surface area contributed by atoms with Crippen LogP contribution in [0.1, 0.15) is 20.8 Å². The van der Waals surface area contributed by atoms with Gasteiger partial charge in [0.25, 0.3) is 0 Å². The molecule has 2 N–H and O–H groups in total. The minimum atomic E-state index is -1.11. The van der Waals surface area contributed by atoms with E-state index in [0.29, 0.717) is 0 Å². The fourth-order valence-corrected chi connectivity index (χ4v) is 1.10. The van der Waals surface area contributed by atoms with Crippen molar-refractivity contribution in [3.8, 4) is 0 Å². The van der Waals surface area contributed by atoms with E-state index in [1.54, 1.807) is 0 Å². The fourth-order valence-electron chi connectivity index (χ4n) is 1.03. The van der Waals surface area contributed by atoms with Crippen LogP contribution in [0.15, 0.2) is 0 Å². The molecule has 1 atom stereocenters. The van der Waals surface area contributed by atoms with Crippen molar-refractivity contribution in [2.24, 2.45) is 5.41 Å². The highest BCUT2D eigenvalue weighted by molar-refractivity contribution is 6.62. The van der Waals surface area contributed by atoms with Gasteiger partial charge in [-0.05, 0) is 17.0 Å². The third-order valence-electron chi connectivity index (χ3n) is 2.10. The number of halogens is 1. The summed E-state index contributed by atoms with van der Waals surface area (Å²) in [5.74, 6) is 0. The number of hydrogen-bond donors (Lipinski definition) is 2. The van der Waals surface area contributed by atoms with E-state index < -0.39 is 11.5 Å². The van der Waals surface area contributed by atoms with Crippen molar-refractivity contribution in [1.82, 2.24) is 10.2 Å². The van der Waals surface area contributed by atoms with Crippen LogP contribution in [0.5, 0.6) is 0 Å². The summed E-state index contributed by atoms with van der Waals surface area (Å²) in [6.45, 7) is 5.92. The molecule has 0 aromatic carbocycles. The second kappa shape index (κ2) is 5.21. The first-order valence-corrected chi connectivity index (χ1v) is 4.92. The van der Waals surface area contributed by atoms with Crippen LogP contribution in [-0.4, -0.2) is 41.1 Å². The standard InChI is InChI=1S/C9H17ClN2O3/c1-9(2,3)6(11-8(14)15)5-12(4)7(10)13/h6,11H,5H2,1-4H3,(H,14,15). The van der Waals surface area contributed by atoms with E-state index in [4.69, 9.17) is 16.7 Å². The van der Waals surface area contributed by atoms with Crippen LogP contribution in [0.2, 0.25) is 0 Å². The first kappa shape index (κ1) is 14.0. The van der Waals surface area contributed by atoms with Gasteiger partial charge in [0.15, 0.2) is 0 Å². The first-order chi connectivity index (χ1) is 6.64. The van der Waals surface area contributed by atoms with E-state index in [1.165, 1.54) is 11.9 Å². The predicted molar refractivity (Wildman–Crippen MR) is 58.3 cm³/mol. The maximum absolute atomic E-state index is 10.8. The summed E-state index contributed by atoms with van der Waals surface area (Å²) >= 11 is 5.27. The lowest BCUT2D eigenvalue weighted by molar-refractivity contribution is 0.162. The molecule has 0 aliphatic rings. The lowest BCUT2D eigenvalue weighted by Crippen LogP contribution is -2.50. The van der Waals surface area contributed by atoms with Crippen LogP contribution >= 0.6 is 11.6 Å². The molecule has 0 aliphatic heterocycles. The van der Waals surface area contributed by atoms with Crippen LogP contribution < -0.4 is 5.32 Å². The molecule has 0 spiro atoms. The molecule has 0 fully saturated rings. The number of hydrogen-bond acceptors (Lipinski definition) is 2. The topological polar surface area (TPSA) is 69.6 Å². The van der Waals surface area contributed by atoms with Gasteiger partial charge in [0.05, 0.1) is 6.04 Å². The Morgan fingerprint density at radius 3 is 2.20 bits per heavy atom. The van der Waals surface area contributed by atoms with E-state index in [-0.39, 0.29) is 18.0 Å². The van der Waals surface area contributed by atoms with Gasteiger partial charge in [0, 0.05) is 13.6 Å². The van der Waals surface area contributed by atoms with Gasteiger partial charge in [-0.2, -0.15) is 0 Å². The Morgan fingerprint density at radius 2 is 1.93 bits per heavy atom. The highest BCUT2D eigenvalue weighted by atomic mass is 35.5.